The highest BCUT2D eigenvalue weighted by atomic mass is 16.1. The highest BCUT2D eigenvalue weighted by Gasteiger charge is 2.25. The molecule has 3 N–H and O–H groups in total. The average Bonchev–Trinajstić information content (AvgIpc) is 2.78. The predicted molar refractivity (Wildman–Crippen MR) is 71.6 cm³/mol. The third-order valence-corrected chi connectivity index (χ3v) is 3.89. The summed E-state index contributed by atoms with van der Waals surface area (Å²) in [5, 5.41) is 3.16. The first kappa shape index (κ1) is 14.5. The summed E-state index contributed by atoms with van der Waals surface area (Å²) in [6, 6.07) is 0.311. The van der Waals surface area contributed by atoms with Crippen molar-refractivity contribution < 1.29 is 4.79 Å². The second kappa shape index (κ2) is 7.00. The van der Waals surface area contributed by atoms with E-state index in [9.17, 15) is 4.79 Å². The molecule has 1 fully saturated rings. The van der Waals surface area contributed by atoms with Gasteiger partial charge in [0.15, 0.2) is 0 Å². The minimum Gasteiger partial charge on any atom is -0.353 e. The Bertz CT molecular complexity index is 234. The Hall–Kier alpha value is -0.570. The van der Waals surface area contributed by atoms with Gasteiger partial charge in [0, 0.05) is 12.6 Å². The Morgan fingerprint density at radius 2 is 1.88 bits per heavy atom. The normalized spacial score (nSPS) is 20.5. The molecule has 100 valence electrons. The molecule has 1 aliphatic carbocycles. The SMILES string of the molecule is CC(C)CC(CN)C(=O)N[C@@H](C)C1CCCC1. The first-order valence-electron chi connectivity index (χ1n) is 7.05. The summed E-state index contributed by atoms with van der Waals surface area (Å²) >= 11 is 0. The standard InChI is InChI=1S/C14H28N2O/c1-10(2)8-13(9-15)14(17)16-11(3)12-6-4-5-7-12/h10-13H,4-9,15H2,1-3H3,(H,16,17)/t11-,13?/m0/s1. The van der Waals surface area contributed by atoms with Gasteiger partial charge in [-0.2, -0.15) is 0 Å². The lowest BCUT2D eigenvalue weighted by atomic mass is 9.94. The van der Waals surface area contributed by atoms with Gasteiger partial charge >= 0.3 is 0 Å². The highest BCUT2D eigenvalue weighted by molar-refractivity contribution is 5.79. The number of amides is 1. The number of nitrogens with two attached hydrogens (primary N) is 1. The monoisotopic (exact) mass is 240 g/mol. The van der Waals surface area contributed by atoms with E-state index in [1.807, 2.05) is 0 Å². The topological polar surface area (TPSA) is 55.1 Å². The lowest BCUT2D eigenvalue weighted by Gasteiger charge is -2.24. The number of hydrogen-bond donors (Lipinski definition) is 2. The molecule has 0 saturated heterocycles. The number of nitrogens with one attached hydrogen (secondary N) is 1. The van der Waals surface area contributed by atoms with Crippen LogP contribution in [-0.2, 0) is 4.79 Å². The molecule has 0 heterocycles. The van der Waals surface area contributed by atoms with Crippen LogP contribution in [0.15, 0.2) is 0 Å². The predicted octanol–water partition coefficient (Wildman–Crippen LogP) is 2.30. The minimum absolute atomic E-state index is 0.0150. The average molecular weight is 240 g/mol. The van der Waals surface area contributed by atoms with Gasteiger partial charge in [-0.1, -0.05) is 26.7 Å². The van der Waals surface area contributed by atoms with Crippen molar-refractivity contribution in [2.45, 2.75) is 58.9 Å². The Morgan fingerprint density at radius 3 is 2.35 bits per heavy atom. The van der Waals surface area contributed by atoms with Crippen molar-refractivity contribution in [1.82, 2.24) is 5.32 Å². The molecule has 3 nitrogen and oxygen atoms in total. The quantitative estimate of drug-likeness (QED) is 0.748. The van der Waals surface area contributed by atoms with Crippen LogP contribution in [0.3, 0.4) is 0 Å². The fourth-order valence-corrected chi connectivity index (χ4v) is 2.80. The third-order valence-electron chi connectivity index (χ3n) is 3.89. The molecule has 17 heavy (non-hydrogen) atoms. The van der Waals surface area contributed by atoms with Crippen LogP contribution >= 0.6 is 0 Å². The Balaban J connectivity index is 2.39. The molecule has 0 aliphatic heterocycles. The number of rotatable bonds is 6. The molecule has 0 radical (unpaired) electrons. The largest absolute Gasteiger partial charge is 0.353 e. The third kappa shape index (κ3) is 4.66. The van der Waals surface area contributed by atoms with Crippen molar-refractivity contribution in [3.8, 4) is 0 Å². The summed E-state index contributed by atoms with van der Waals surface area (Å²) in [4.78, 5) is 12.1. The maximum absolute atomic E-state index is 12.1. The molecule has 0 aromatic carbocycles. The molecule has 0 aromatic rings. The van der Waals surface area contributed by atoms with Crippen LogP contribution in [0.4, 0.5) is 0 Å². The maximum atomic E-state index is 12.1. The van der Waals surface area contributed by atoms with Crippen LogP contribution in [0.25, 0.3) is 0 Å². The van der Waals surface area contributed by atoms with E-state index in [0.717, 1.165) is 6.42 Å². The zero-order valence-corrected chi connectivity index (χ0v) is 11.5. The second-order valence-corrected chi connectivity index (χ2v) is 5.90. The van der Waals surface area contributed by atoms with Gasteiger partial charge in [0.05, 0.1) is 5.92 Å². The van der Waals surface area contributed by atoms with Crippen LogP contribution in [0.1, 0.15) is 52.9 Å². The van der Waals surface area contributed by atoms with Crippen LogP contribution in [0.2, 0.25) is 0 Å². The van der Waals surface area contributed by atoms with Gasteiger partial charge in [0.25, 0.3) is 0 Å². The summed E-state index contributed by atoms with van der Waals surface area (Å²) < 4.78 is 0. The molecule has 1 rings (SSSR count). The summed E-state index contributed by atoms with van der Waals surface area (Å²) in [6.07, 6.45) is 6.05. The second-order valence-electron chi connectivity index (χ2n) is 5.90. The molecule has 3 heteroatoms. The first-order valence-corrected chi connectivity index (χ1v) is 7.05. The summed E-state index contributed by atoms with van der Waals surface area (Å²) in [6.45, 7) is 6.87. The van der Waals surface area contributed by atoms with Crippen molar-refractivity contribution >= 4 is 5.91 Å². The fraction of sp³-hybridized carbons (Fsp3) is 0.929. The van der Waals surface area contributed by atoms with Crippen LogP contribution in [0.5, 0.6) is 0 Å². The van der Waals surface area contributed by atoms with Gasteiger partial charge in [-0.05, 0) is 38.0 Å². The molecule has 0 bridgehead atoms. The maximum Gasteiger partial charge on any atom is 0.224 e. The van der Waals surface area contributed by atoms with E-state index in [1.165, 1.54) is 25.7 Å². The fourth-order valence-electron chi connectivity index (χ4n) is 2.80. The van der Waals surface area contributed by atoms with Gasteiger partial charge < -0.3 is 11.1 Å². The summed E-state index contributed by atoms with van der Waals surface area (Å²) in [7, 11) is 0. The molecular weight excluding hydrogens is 212 g/mol. The molecule has 1 saturated carbocycles. The molecular formula is C14H28N2O. The van der Waals surface area contributed by atoms with E-state index in [0.29, 0.717) is 24.4 Å². The molecule has 1 amide bonds. The van der Waals surface area contributed by atoms with Crippen LogP contribution in [-0.4, -0.2) is 18.5 Å². The summed E-state index contributed by atoms with van der Waals surface area (Å²) in [5.74, 6) is 1.34. The van der Waals surface area contributed by atoms with E-state index in [-0.39, 0.29) is 11.8 Å². The van der Waals surface area contributed by atoms with E-state index >= 15 is 0 Å². The number of hydrogen-bond acceptors (Lipinski definition) is 2. The lowest BCUT2D eigenvalue weighted by molar-refractivity contribution is -0.126. The van der Waals surface area contributed by atoms with Gasteiger partial charge in [0.2, 0.25) is 5.91 Å². The zero-order valence-electron chi connectivity index (χ0n) is 11.5. The van der Waals surface area contributed by atoms with Gasteiger partial charge in [-0.3, -0.25) is 4.79 Å². The van der Waals surface area contributed by atoms with Crippen molar-refractivity contribution in [3.05, 3.63) is 0 Å². The lowest BCUT2D eigenvalue weighted by Crippen LogP contribution is -2.43. The first-order chi connectivity index (χ1) is 8.04. The molecule has 0 spiro atoms. The van der Waals surface area contributed by atoms with Crippen molar-refractivity contribution in [1.29, 1.82) is 0 Å². The minimum atomic E-state index is -0.0150. The van der Waals surface area contributed by atoms with Gasteiger partial charge in [0.1, 0.15) is 0 Å². The van der Waals surface area contributed by atoms with Crippen molar-refractivity contribution in [2.24, 2.45) is 23.5 Å². The van der Waals surface area contributed by atoms with Crippen molar-refractivity contribution in [3.63, 3.8) is 0 Å². The van der Waals surface area contributed by atoms with Crippen molar-refractivity contribution in [2.75, 3.05) is 6.54 Å². The van der Waals surface area contributed by atoms with Crippen LogP contribution < -0.4 is 11.1 Å². The van der Waals surface area contributed by atoms with Gasteiger partial charge in [-0.15, -0.1) is 0 Å². The Morgan fingerprint density at radius 1 is 1.29 bits per heavy atom. The Labute approximate surface area is 106 Å². The number of carbonyl (C=O) groups excluding carboxylic acids is 1. The van der Waals surface area contributed by atoms with Crippen LogP contribution in [0, 0.1) is 17.8 Å². The molecule has 1 unspecified atom stereocenters. The molecule has 2 atom stereocenters. The zero-order chi connectivity index (χ0) is 12.8. The summed E-state index contributed by atoms with van der Waals surface area (Å²) in [5.41, 5.74) is 5.69. The highest BCUT2D eigenvalue weighted by Crippen LogP contribution is 2.27. The smallest absolute Gasteiger partial charge is 0.224 e. The Kier molecular flexibility index (Phi) is 5.96. The van der Waals surface area contributed by atoms with E-state index in [1.54, 1.807) is 0 Å². The molecule has 1 aliphatic rings. The molecule has 0 aromatic heterocycles. The van der Waals surface area contributed by atoms with Gasteiger partial charge in [-0.25, -0.2) is 0 Å². The van der Waals surface area contributed by atoms with E-state index in [2.05, 4.69) is 26.1 Å². The van der Waals surface area contributed by atoms with E-state index in [4.69, 9.17) is 5.73 Å². The number of carbonyl (C=O) groups is 1. The van der Waals surface area contributed by atoms with E-state index < -0.39 is 0 Å².